The maximum Gasteiger partial charge on any atom is 0.276 e. The topological polar surface area (TPSA) is 39.1 Å². The summed E-state index contributed by atoms with van der Waals surface area (Å²) in [7, 11) is 1.56. The first-order valence-electron chi connectivity index (χ1n) is 5.26. The summed E-state index contributed by atoms with van der Waals surface area (Å²) in [6, 6.07) is 9.95. The molecule has 0 saturated heterocycles. The fraction of sp³-hybridized carbons (Fsp3) is 0.333. The number of hydrogen-bond acceptors (Lipinski definition) is 3. The van der Waals surface area contributed by atoms with Gasteiger partial charge in [0.2, 0.25) is 0 Å². The molecule has 0 aliphatic rings. The van der Waals surface area contributed by atoms with Crippen LogP contribution in [0.2, 0.25) is 0 Å². The first kappa shape index (κ1) is 10.7. The largest absolute Gasteiger partial charge is 0.305 e. The van der Waals surface area contributed by atoms with Gasteiger partial charge in [0, 0.05) is 11.5 Å². The van der Waals surface area contributed by atoms with Gasteiger partial charge in [-0.2, -0.15) is 0 Å². The Bertz CT molecular complexity index is 463. The molecule has 0 saturated carbocycles. The van der Waals surface area contributed by atoms with Crippen LogP contribution in [0.3, 0.4) is 0 Å². The van der Waals surface area contributed by atoms with Crippen molar-refractivity contribution in [3.05, 3.63) is 36.0 Å². The minimum Gasteiger partial charge on any atom is -0.305 e. The van der Waals surface area contributed by atoms with Gasteiger partial charge in [0.15, 0.2) is 5.16 Å². The number of benzene rings is 1. The molecule has 0 amide bonds. The normalized spacial score (nSPS) is 10.8. The Labute approximate surface area is 94.4 Å². The predicted octanol–water partition coefficient (Wildman–Crippen LogP) is 1.81. The highest BCUT2D eigenvalue weighted by Crippen LogP contribution is 2.23. The molecular weight excluding hydrogens is 204 g/mol. The van der Waals surface area contributed by atoms with E-state index in [0.29, 0.717) is 0 Å². The van der Waals surface area contributed by atoms with E-state index in [4.69, 9.17) is 9.47 Å². The molecule has 0 fully saturated rings. The number of nitrogens with zero attached hydrogens (tertiary/aromatic N) is 2. The molecule has 4 heteroatoms. The molecule has 0 aliphatic heterocycles. The van der Waals surface area contributed by atoms with E-state index in [1.165, 1.54) is 4.90 Å². The molecule has 16 heavy (non-hydrogen) atoms. The number of aromatic nitrogens is 2. The fourth-order valence-corrected chi connectivity index (χ4v) is 1.61. The highest BCUT2D eigenvalue weighted by atomic mass is 16.8. The maximum absolute atomic E-state index is 5.12. The van der Waals surface area contributed by atoms with Gasteiger partial charge in [-0.25, -0.2) is 0 Å². The van der Waals surface area contributed by atoms with Gasteiger partial charge in [0.1, 0.15) is 12.0 Å². The highest BCUT2D eigenvalue weighted by Gasteiger charge is 2.29. The average molecular weight is 219 g/mol. The van der Waals surface area contributed by atoms with E-state index in [-0.39, 0.29) is 5.92 Å². The second-order valence-electron chi connectivity index (χ2n) is 3.87. The van der Waals surface area contributed by atoms with E-state index >= 15 is 0 Å². The molecule has 1 aromatic carbocycles. The lowest BCUT2D eigenvalue weighted by atomic mass is 10.0. The molecule has 0 radical (unpaired) electrons. The van der Waals surface area contributed by atoms with Crippen molar-refractivity contribution >= 4 is 0 Å². The van der Waals surface area contributed by atoms with Crippen LogP contribution in [0.25, 0.3) is 11.3 Å². The molecule has 1 heterocycles. The van der Waals surface area contributed by atoms with Gasteiger partial charge < -0.3 is 4.84 Å². The Kier molecular flexibility index (Phi) is 2.90. The van der Waals surface area contributed by atoms with Crippen molar-refractivity contribution in [3.63, 3.8) is 0 Å². The molecule has 0 bridgehead atoms. The van der Waals surface area contributed by atoms with Crippen molar-refractivity contribution in [2.45, 2.75) is 19.8 Å². The standard InChI is InChI=1S/C12H15N2O2/c1-9(2)11-12(14(15-3)16-13-11)10-7-5-4-6-8-10/h4-9H,1-3H3/q+1. The SMILES string of the molecule is CO[n+]1onc(C(C)C)c1-c1ccccc1. The third-order valence-electron chi connectivity index (χ3n) is 2.40. The molecule has 0 aliphatic carbocycles. The molecule has 0 unspecified atom stereocenters. The van der Waals surface area contributed by atoms with Crippen molar-refractivity contribution in [1.29, 1.82) is 0 Å². The molecular formula is C12H15N2O2+. The molecule has 0 spiro atoms. The Balaban J connectivity index is 2.57. The van der Waals surface area contributed by atoms with Gasteiger partial charge >= 0.3 is 0 Å². The predicted molar refractivity (Wildman–Crippen MR) is 58.7 cm³/mol. The van der Waals surface area contributed by atoms with Gasteiger partial charge in [0.05, 0.1) is 0 Å². The van der Waals surface area contributed by atoms with E-state index in [0.717, 1.165) is 17.0 Å². The van der Waals surface area contributed by atoms with Crippen molar-refractivity contribution in [1.82, 2.24) is 5.16 Å². The van der Waals surface area contributed by atoms with Crippen molar-refractivity contribution in [2.24, 2.45) is 0 Å². The third kappa shape index (κ3) is 1.78. The van der Waals surface area contributed by atoms with Crippen LogP contribution in [0.15, 0.2) is 35.0 Å². The second-order valence-corrected chi connectivity index (χ2v) is 3.87. The summed E-state index contributed by atoms with van der Waals surface area (Å²) in [5, 5.41) is 4.03. The maximum atomic E-state index is 5.12. The van der Waals surface area contributed by atoms with E-state index in [9.17, 15) is 0 Å². The Morgan fingerprint density at radius 3 is 2.50 bits per heavy atom. The smallest absolute Gasteiger partial charge is 0.276 e. The first-order chi connectivity index (χ1) is 7.74. The van der Waals surface area contributed by atoms with Crippen molar-refractivity contribution in [3.8, 4) is 11.3 Å². The van der Waals surface area contributed by atoms with Crippen LogP contribution in [-0.4, -0.2) is 12.3 Å². The summed E-state index contributed by atoms with van der Waals surface area (Å²) in [6.45, 7) is 4.15. The van der Waals surface area contributed by atoms with Gasteiger partial charge in [-0.1, -0.05) is 44.2 Å². The summed E-state index contributed by atoms with van der Waals surface area (Å²) < 4.78 is 5.11. The lowest BCUT2D eigenvalue weighted by Gasteiger charge is -1.98. The van der Waals surface area contributed by atoms with Gasteiger partial charge in [-0.3, -0.25) is 0 Å². The van der Waals surface area contributed by atoms with Crippen LogP contribution in [0, 0.1) is 0 Å². The second kappa shape index (κ2) is 4.35. The van der Waals surface area contributed by atoms with Gasteiger partial charge in [-0.15, -0.1) is 0 Å². The quantitative estimate of drug-likeness (QED) is 0.790. The molecule has 4 nitrogen and oxygen atoms in total. The van der Waals surface area contributed by atoms with Gasteiger partial charge in [-0.05, 0) is 4.63 Å². The average Bonchev–Trinajstić information content (AvgIpc) is 2.73. The highest BCUT2D eigenvalue weighted by molar-refractivity contribution is 5.58. The Morgan fingerprint density at radius 1 is 1.25 bits per heavy atom. The van der Waals surface area contributed by atoms with E-state index in [1.807, 2.05) is 30.3 Å². The minimum atomic E-state index is 0.287. The first-order valence-corrected chi connectivity index (χ1v) is 5.26. The van der Waals surface area contributed by atoms with Crippen LogP contribution >= 0.6 is 0 Å². The lowest BCUT2D eigenvalue weighted by molar-refractivity contribution is -1.01. The van der Waals surface area contributed by atoms with Crippen LogP contribution in [0.4, 0.5) is 0 Å². The van der Waals surface area contributed by atoms with Crippen LogP contribution < -0.4 is 9.74 Å². The van der Waals surface area contributed by atoms with Crippen LogP contribution in [0.5, 0.6) is 0 Å². The molecule has 84 valence electrons. The molecule has 2 rings (SSSR count). The summed E-state index contributed by atoms with van der Waals surface area (Å²) in [6.07, 6.45) is 0. The number of rotatable bonds is 3. The summed E-state index contributed by atoms with van der Waals surface area (Å²) in [5.41, 5.74) is 2.81. The summed E-state index contributed by atoms with van der Waals surface area (Å²) >= 11 is 0. The van der Waals surface area contributed by atoms with Crippen molar-refractivity contribution in [2.75, 3.05) is 7.11 Å². The summed E-state index contributed by atoms with van der Waals surface area (Å²) in [4.78, 5) is 6.46. The molecule has 0 atom stereocenters. The number of hydrogen-bond donors (Lipinski definition) is 0. The Hall–Kier alpha value is -1.84. The molecule has 1 aromatic heterocycles. The monoisotopic (exact) mass is 219 g/mol. The lowest BCUT2D eigenvalue weighted by Crippen LogP contribution is -2.40. The van der Waals surface area contributed by atoms with E-state index in [1.54, 1.807) is 7.11 Å². The zero-order valence-corrected chi connectivity index (χ0v) is 9.68. The zero-order valence-electron chi connectivity index (χ0n) is 9.68. The summed E-state index contributed by atoms with van der Waals surface area (Å²) in [5.74, 6) is 0.287. The van der Waals surface area contributed by atoms with E-state index in [2.05, 4.69) is 19.0 Å². The minimum absolute atomic E-state index is 0.287. The third-order valence-corrected chi connectivity index (χ3v) is 2.40. The molecule has 2 aromatic rings. The Morgan fingerprint density at radius 2 is 1.94 bits per heavy atom. The van der Waals surface area contributed by atoms with E-state index < -0.39 is 0 Å². The molecule has 0 N–H and O–H groups in total. The zero-order chi connectivity index (χ0) is 11.5. The van der Waals surface area contributed by atoms with Gasteiger partial charge in [0.25, 0.3) is 11.4 Å². The van der Waals surface area contributed by atoms with Crippen LogP contribution in [0.1, 0.15) is 25.5 Å². The van der Waals surface area contributed by atoms with Crippen molar-refractivity contribution < 1.29 is 14.4 Å². The van der Waals surface area contributed by atoms with Crippen LogP contribution in [-0.2, 0) is 0 Å². The fourth-order valence-electron chi connectivity index (χ4n) is 1.61.